The van der Waals surface area contributed by atoms with Crippen LogP contribution in [0.1, 0.15) is 5.56 Å². The normalized spacial score (nSPS) is 18.0. The number of hydrogen-bond acceptors (Lipinski definition) is 4. The van der Waals surface area contributed by atoms with Gasteiger partial charge in [0.25, 0.3) is 0 Å². The summed E-state index contributed by atoms with van der Waals surface area (Å²) in [6.45, 7) is 0. The lowest BCUT2D eigenvalue weighted by atomic mass is 10.2. The molecular weight excluding hydrogens is 236 g/mol. The first-order valence-corrected chi connectivity index (χ1v) is 5.22. The van der Waals surface area contributed by atoms with Crippen LogP contribution in [0.25, 0.3) is 6.08 Å². The predicted molar refractivity (Wildman–Crippen MR) is 62.5 cm³/mol. The summed E-state index contributed by atoms with van der Waals surface area (Å²) in [6.07, 6.45) is 1.56. The number of hydroxylamine groups is 4. The number of urea groups is 1. The van der Waals surface area contributed by atoms with Gasteiger partial charge in [-0.1, -0.05) is 30.3 Å². The molecule has 18 heavy (non-hydrogen) atoms. The van der Waals surface area contributed by atoms with Gasteiger partial charge in [-0.3, -0.25) is 14.5 Å². The van der Waals surface area contributed by atoms with Crippen LogP contribution in [0.2, 0.25) is 0 Å². The van der Waals surface area contributed by atoms with E-state index in [9.17, 15) is 9.59 Å². The van der Waals surface area contributed by atoms with Gasteiger partial charge in [0.2, 0.25) is 0 Å². The van der Waals surface area contributed by atoms with Crippen LogP contribution in [0, 0.1) is 0 Å². The Labute approximate surface area is 104 Å². The van der Waals surface area contributed by atoms with Crippen molar-refractivity contribution in [1.82, 2.24) is 10.1 Å². The first-order chi connectivity index (χ1) is 8.69. The molecule has 0 atom stereocenters. The summed E-state index contributed by atoms with van der Waals surface area (Å²) in [5.74, 6) is -0.562. The summed E-state index contributed by atoms with van der Waals surface area (Å²) in [7, 11) is 2.55. The van der Waals surface area contributed by atoms with Crippen molar-refractivity contribution >= 4 is 18.0 Å². The van der Waals surface area contributed by atoms with Crippen LogP contribution in [-0.2, 0) is 14.5 Å². The van der Waals surface area contributed by atoms with Gasteiger partial charge in [0, 0.05) is 0 Å². The van der Waals surface area contributed by atoms with Gasteiger partial charge < -0.3 is 0 Å². The molecule has 1 saturated heterocycles. The van der Waals surface area contributed by atoms with Crippen LogP contribution in [0.15, 0.2) is 36.0 Å². The Morgan fingerprint density at radius 2 is 1.61 bits per heavy atom. The molecule has 0 radical (unpaired) electrons. The monoisotopic (exact) mass is 248 g/mol. The molecule has 1 fully saturated rings. The second-order valence-electron chi connectivity index (χ2n) is 3.48. The third-order valence-corrected chi connectivity index (χ3v) is 2.44. The number of hydrogen-bond donors (Lipinski definition) is 0. The molecule has 0 bridgehead atoms. The Kier molecular flexibility index (Phi) is 3.40. The fraction of sp³-hybridized carbons (Fsp3) is 0.167. The molecule has 0 saturated carbocycles. The smallest absolute Gasteiger partial charge is 0.268 e. The van der Waals surface area contributed by atoms with E-state index in [1.807, 2.05) is 30.3 Å². The second-order valence-corrected chi connectivity index (χ2v) is 3.48. The number of amides is 3. The molecule has 0 spiro atoms. The van der Waals surface area contributed by atoms with Crippen LogP contribution in [0.5, 0.6) is 0 Å². The van der Waals surface area contributed by atoms with Crippen LogP contribution >= 0.6 is 0 Å². The van der Waals surface area contributed by atoms with E-state index in [1.165, 1.54) is 14.2 Å². The number of rotatable bonds is 3. The molecule has 2 rings (SSSR count). The van der Waals surface area contributed by atoms with Gasteiger partial charge in [-0.2, -0.15) is 5.06 Å². The molecule has 6 nitrogen and oxygen atoms in total. The summed E-state index contributed by atoms with van der Waals surface area (Å²) in [5.41, 5.74) is 0.893. The number of imide groups is 1. The van der Waals surface area contributed by atoms with Crippen molar-refractivity contribution in [2.45, 2.75) is 0 Å². The SMILES string of the molecule is CON1C(=O)C(=Cc2ccccc2)N(OC)C1=O. The minimum atomic E-state index is -0.674. The third kappa shape index (κ3) is 1.99. The highest BCUT2D eigenvalue weighted by molar-refractivity contribution is 6.12. The highest BCUT2D eigenvalue weighted by atomic mass is 16.7. The van der Waals surface area contributed by atoms with E-state index in [-0.39, 0.29) is 5.70 Å². The minimum absolute atomic E-state index is 0.107. The van der Waals surface area contributed by atoms with Crippen LogP contribution in [0.3, 0.4) is 0 Å². The van der Waals surface area contributed by atoms with Crippen molar-refractivity contribution in [1.29, 1.82) is 0 Å². The standard InChI is InChI=1S/C12H12N2O4/c1-17-13-10(8-9-6-4-3-5-7-9)11(15)14(18-2)12(13)16/h3-8H,1-2H3. The summed E-state index contributed by atoms with van der Waals surface area (Å²) in [5, 5.41) is 1.52. The predicted octanol–water partition coefficient (Wildman–Crippen LogP) is 1.41. The van der Waals surface area contributed by atoms with Crippen LogP contribution in [0.4, 0.5) is 4.79 Å². The van der Waals surface area contributed by atoms with E-state index in [2.05, 4.69) is 0 Å². The van der Waals surface area contributed by atoms with Gasteiger partial charge in [-0.15, -0.1) is 5.06 Å². The van der Waals surface area contributed by atoms with E-state index in [0.29, 0.717) is 5.06 Å². The summed E-state index contributed by atoms with van der Waals surface area (Å²) in [6, 6.07) is 8.48. The van der Waals surface area contributed by atoms with Gasteiger partial charge in [0.05, 0.1) is 14.2 Å². The van der Waals surface area contributed by atoms with E-state index >= 15 is 0 Å². The Hall–Kier alpha value is -2.18. The minimum Gasteiger partial charge on any atom is -0.268 e. The highest BCUT2D eigenvalue weighted by Crippen LogP contribution is 2.23. The molecule has 94 valence electrons. The zero-order valence-corrected chi connectivity index (χ0v) is 9.99. The first-order valence-electron chi connectivity index (χ1n) is 5.22. The lowest BCUT2D eigenvalue weighted by molar-refractivity contribution is -0.152. The molecule has 1 aliphatic rings. The van der Waals surface area contributed by atoms with Gasteiger partial charge in [0.15, 0.2) is 0 Å². The van der Waals surface area contributed by atoms with Crippen molar-refractivity contribution in [3.8, 4) is 0 Å². The molecule has 1 aromatic rings. The molecule has 0 aromatic heterocycles. The Bertz CT molecular complexity index is 498. The number of benzene rings is 1. The quantitative estimate of drug-likeness (QED) is 0.599. The third-order valence-electron chi connectivity index (χ3n) is 2.44. The fourth-order valence-electron chi connectivity index (χ4n) is 1.63. The molecule has 1 heterocycles. The molecule has 1 aliphatic heterocycles. The molecule has 6 heteroatoms. The summed E-state index contributed by atoms with van der Waals surface area (Å²) < 4.78 is 0. The average molecular weight is 248 g/mol. The summed E-state index contributed by atoms with van der Waals surface area (Å²) in [4.78, 5) is 33.2. The van der Waals surface area contributed by atoms with Crippen LogP contribution in [-0.4, -0.2) is 36.3 Å². The van der Waals surface area contributed by atoms with E-state index in [0.717, 1.165) is 10.6 Å². The average Bonchev–Trinajstić information content (AvgIpc) is 2.62. The van der Waals surface area contributed by atoms with Gasteiger partial charge in [-0.25, -0.2) is 4.79 Å². The van der Waals surface area contributed by atoms with Gasteiger partial charge in [-0.05, 0) is 11.6 Å². The van der Waals surface area contributed by atoms with Crippen molar-refractivity contribution < 1.29 is 19.3 Å². The molecule has 0 unspecified atom stereocenters. The molecule has 0 N–H and O–H groups in total. The van der Waals surface area contributed by atoms with E-state index in [1.54, 1.807) is 6.08 Å². The molecule has 0 aliphatic carbocycles. The fourth-order valence-corrected chi connectivity index (χ4v) is 1.63. The lowest BCUT2D eigenvalue weighted by Gasteiger charge is -2.11. The maximum atomic E-state index is 11.9. The molecular formula is C12H12N2O4. The zero-order chi connectivity index (χ0) is 13.1. The lowest BCUT2D eigenvalue weighted by Crippen LogP contribution is -2.31. The maximum Gasteiger partial charge on any atom is 0.380 e. The largest absolute Gasteiger partial charge is 0.380 e. The molecule has 3 amide bonds. The maximum absolute atomic E-state index is 11.9. The van der Waals surface area contributed by atoms with Gasteiger partial charge >= 0.3 is 11.9 Å². The zero-order valence-electron chi connectivity index (χ0n) is 9.99. The Balaban J connectivity index is 2.40. The number of nitrogens with zero attached hydrogens (tertiary/aromatic N) is 2. The summed E-state index contributed by atoms with van der Waals surface area (Å²) >= 11 is 0. The van der Waals surface area contributed by atoms with E-state index in [4.69, 9.17) is 9.68 Å². The van der Waals surface area contributed by atoms with Crippen molar-refractivity contribution in [3.63, 3.8) is 0 Å². The first kappa shape index (κ1) is 12.3. The Morgan fingerprint density at radius 1 is 1.00 bits per heavy atom. The molecule has 1 aromatic carbocycles. The van der Waals surface area contributed by atoms with E-state index < -0.39 is 11.9 Å². The topological polar surface area (TPSA) is 59.1 Å². The highest BCUT2D eigenvalue weighted by Gasteiger charge is 2.42. The van der Waals surface area contributed by atoms with Crippen molar-refractivity contribution in [2.24, 2.45) is 0 Å². The van der Waals surface area contributed by atoms with Gasteiger partial charge in [0.1, 0.15) is 5.70 Å². The number of carbonyl (C=O) groups excluding carboxylic acids is 2. The van der Waals surface area contributed by atoms with Crippen LogP contribution < -0.4 is 0 Å². The van der Waals surface area contributed by atoms with Crippen molar-refractivity contribution in [2.75, 3.05) is 14.2 Å². The second kappa shape index (κ2) is 4.99. The van der Waals surface area contributed by atoms with Crippen molar-refractivity contribution in [3.05, 3.63) is 41.6 Å². The Morgan fingerprint density at radius 3 is 2.17 bits per heavy atom. The number of carbonyl (C=O) groups is 2.